The maximum absolute atomic E-state index is 13.0. The quantitative estimate of drug-likeness (QED) is 0.765. The van der Waals surface area contributed by atoms with Crippen LogP contribution in [-0.2, 0) is 14.8 Å². The fourth-order valence-corrected chi connectivity index (χ4v) is 6.49. The first-order valence-corrected chi connectivity index (χ1v) is 12.9. The maximum Gasteiger partial charge on any atom is 0.278 e. The highest BCUT2D eigenvalue weighted by molar-refractivity contribution is 7.92. The molecular weight excluding hydrogens is 398 g/mol. The lowest BCUT2D eigenvalue weighted by molar-refractivity contribution is -0.896. The smallest absolute Gasteiger partial charge is 0.278 e. The third-order valence-electron chi connectivity index (χ3n) is 6.99. The lowest BCUT2D eigenvalue weighted by Crippen LogP contribution is -3.15. The maximum atomic E-state index is 13.0. The molecular formula is C23H34N3O3S+. The second-order valence-corrected chi connectivity index (χ2v) is 10.7. The minimum absolute atomic E-state index is 0.266. The second-order valence-electron chi connectivity index (χ2n) is 8.93. The number of piperidine rings is 1. The number of sulfonamides is 1. The van der Waals surface area contributed by atoms with Crippen LogP contribution in [0.5, 0.6) is 0 Å². The van der Waals surface area contributed by atoms with Gasteiger partial charge in [-0.1, -0.05) is 43.2 Å². The van der Waals surface area contributed by atoms with Crippen molar-refractivity contribution >= 4 is 22.0 Å². The summed E-state index contributed by atoms with van der Waals surface area (Å²) >= 11 is 0. The molecule has 1 aromatic carbocycles. The van der Waals surface area contributed by atoms with Crippen LogP contribution in [0, 0.1) is 5.92 Å². The van der Waals surface area contributed by atoms with Crippen molar-refractivity contribution in [1.29, 1.82) is 0 Å². The van der Waals surface area contributed by atoms with Crippen molar-refractivity contribution in [3.63, 3.8) is 0 Å². The van der Waals surface area contributed by atoms with Crippen molar-refractivity contribution in [2.24, 2.45) is 5.92 Å². The number of carbonyl (C=O) groups is 1. The van der Waals surface area contributed by atoms with Crippen molar-refractivity contribution in [3.8, 4) is 0 Å². The fraction of sp³-hybridized carbons (Fsp3) is 0.609. The van der Waals surface area contributed by atoms with Gasteiger partial charge in [0.25, 0.3) is 5.91 Å². The SMILES string of the molecule is O=C(C[NH+]1CCN(S(=O)(=O)/C=C/c2ccccc2)CC1)N1CCC[C@@H]2CCCC[C@H]21. The Morgan fingerprint density at radius 2 is 1.70 bits per heavy atom. The Morgan fingerprint density at radius 3 is 2.47 bits per heavy atom. The standard InChI is InChI=1S/C23H33N3O3S/c27-23(26-13-6-10-21-9-4-5-11-22(21)26)19-24-14-16-25(17-15-24)30(28,29)18-12-20-7-2-1-3-8-20/h1-3,7-8,12,18,21-22H,4-6,9-11,13-17,19H2/p+1/b18-12+/t21-,22+/m0/s1. The Morgan fingerprint density at radius 1 is 1.00 bits per heavy atom. The van der Waals surface area contributed by atoms with Gasteiger partial charge in [-0.25, -0.2) is 8.42 Å². The van der Waals surface area contributed by atoms with Gasteiger partial charge < -0.3 is 9.80 Å². The summed E-state index contributed by atoms with van der Waals surface area (Å²) in [5.41, 5.74) is 0.874. The summed E-state index contributed by atoms with van der Waals surface area (Å²) in [7, 11) is -3.43. The van der Waals surface area contributed by atoms with Crippen LogP contribution < -0.4 is 4.90 Å². The van der Waals surface area contributed by atoms with Gasteiger partial charge in [-0.15, -0.1) is 0 Å². The van der Waals surface area contributed by atoms with Crippen LogP contribution in [0.25, 0.3) is 6.08 Å². The molecule has 4 rings (SSSR count). The van der Waals surface area contributed by atoms with Crippen molar-refractivity contribution < 1.29 is 18.1 Å². The molecule has 30 heavy (non-hydrogen) atoms. The van der Waals surface area contributed by atoms with Crippen LogP contribution in [0.1, 0.15) is 44.1 Å². The summed E-state index contributed by atoms with van der Waals surface area (Å²) in [6, 6.07) is 9.91. The average molecular weight is 433 g/mol. The number of amides is 1. The number of quaternary nitrogens is 1. The molecule has 2 saturated heterocycles. The van der Waals surface area contributed by atoms with E-state index in [4.69, 9.17) is 0 Å². The predicted octanol–water partition coefficient (Wildman–Crippen LogP) is 1.37. The predicted molar refractivity (Wildman–Crippen MR) is 118 cm³/mol. The number of benzene rings is 1. The van der Waals surface area contributed by atoms with Gasteiger partial charge in [-0.3, -0.25) is 4.79 Å². The van der Waals surface area contributed by atoms with Gasteiger partial charge in [0.05, 0.1) is 26.2 Å². The van der Waals surface area contributed by atoms with E-state index in [0.717, 1.165) is 24.9 Å². The molecule has 0 unspecified atom stereocenters. The first-order valence-electron chi connectivity index (χ1n) is 11.4. The van der Waals surface area contributed by atoms with E-state index in [2.05, 4.69) is 4.90 Å². The summed E-state index contributed by atoms with van der Waals surface area (Å²) in [6.07, 6.45) is 9.03. The summed E-state index contributed by atoms with van der Waals surface area (Å²) in [5.74, 6) is 0.965. The molecule has 1 aliphatic carbocycles. The molecule has 0 bridgehead atoms. The molecule has 1 saturated carbocycles. The van der Waals surface area contributed by atoms with Gasteiger partial charge in [0.1, 0.15) is 0 Å². The minimum atomic E-state index is -3.43. The Labute approximate surface area is 180 Å². The van der Waals surface area contributed by atoms with Crippen molar-refractivity contribution in [1.82, 2.24) is 9.21 Å². The number of nitrogens with one attached hydrogen (secondary N) is 1. The third-order valence-corrected chi connectivity index (χ3v) is 8.55. The topological polar surface area (TPSA) is 62.1 Å². The molecule has 0 aromatic heterocycles. The Bertz CT molecular complexity index is 846. The van der Waals surface area contributed by atoms with E-state index in [1.165, 1.54) is 36.0 Å². The molecule has 3 aliphatic rings. The van der Waals surface area contributed by atoms with Crippen molar-refractivity contribution in [2.75, 3.05) is 39.3 Å². The minimum Gasteiger partial charge on any atom is -0.335 e. The number of nitrogens with zero attached hydrogens (tertiary/aromatic N) is 2. The molecule has 1 amide bonds. The van der Waals surface area contributed by atoms with Crippen molar-refractivity contribution in [2.45, 2.75) is 44.6 Å². The number of rotatable bonds is 5. The molecule has 6 nitrogen and oxygen atoms in total. The molecule has 1 N–H and O–H groups in total. The van der Waals surface area contributed by atoms with E-state index in [1.54, 1.807) is 10.4 Å². The van der Waals surface area contributed by atoms with Crippen LogP contribution in [0.3, 0.4) is 0 Å². The van der Waals surface area contributed by atoms with Crippen LogP contribution in [0.15, 0.2) is 35.7 Å². The molecule has 7 heteroatoms. The van der Waals surface area contributed by atoms with Crippen LogP contribution >= 0.6 is 0 Å². The second kappa shape index (κ2) is 9.62. The van der Waals surface area contributed by atoms with Gasteiger partial charge in [0.15, 0.2) is 6.54 Å². The number of carbonyl (C=O) groups excluding carboxylic acids is 1. The molecule has 2 heterocycles. The Balaban J connectivity index is 1.29. The highest BCUT2D eigenvalue weighted by Gasteiger charge is 2.37. The monoisotopic (exact) mass is 432 g/mol. The van der Waals surface area contributed by atoms with Gasteiger partial charge in [0.2, 0.25) is 10.0 Å². The van der Waals surface area contributed by atoms with Gasteiger partial charge in [0, 0.05) is 18.0 Å². The number of piperazine rings is 1. The molecule has 2 aliphatic heterocycles. The molecule has 2 atom stereocenters. The van der Waals surface area contributed by atoms with Crippen LogP contribution in [0.2, 0.25) is 0 Å². The highest BCUT2D eigenvalue weighted by atomic mass is 32.2. The molecule has 0 spiro atoms. The van der Waals surface area contributed by atoms with E-state index in [9.17, 15) is 13.2 Å². The number of hydrogen-bond donors (Lipinski definition) is 1. The zero-order valence-corrected chi connectivity index (χ0v) is 18.5. The Hall–Kier alpha value is -1.70. The lowest BCUT2D eigenvalue weighted by atomic mass is 9.78. The summed E-state index contributed by atoms with van der Waals surface area (Å²) in [4.78, 5) is 16.4. The number of fused-ring (bicyclic) bond motifs is 1. The first-order chi connectivity index (χ1) is 14.5. The van der Waals surface area contributed by atoms with E-state index in [0.29, 0.717) is 44.7 Å². The largest absolute Gasteiger partial charge is 0.335 e. The molecule has 3 fully saturated rings. The average Bonchev–Trinajstić information content (AvgIpc) is 2.78. The van der Waals surface area contributed by atoms with E-state index in [-0.39, 0.29) is 5.91 Å². The molecule has 1 aromatic rings. The van der Waals surface area contributed by atoms with E-state index >= 15 is 0 Å². The fourth-order valence-electron chi connectivity index (χ4n) is 5.30. The summed E-state index contributed by atoms with van der Waals surface area (Å²) in [5, 5.41) is 1.30. The van der Waals surface area contributed by atoms with Gasteiger partial charge in [-0.2, -0.15) is 4.31 Å². The van der Waals surface area contributed by atoms with Crippen LogP contribution in [0.4, 0.5) is 0 Å². The number of hydrogen-bond acceptors (Lipinski definition) is 3. The highest BCUT2D eigenvalue weighted by Crippen LogP contribution is 2.35. The summed E-state index contributed by atoms with van der Waals surface area (Å²) in [6.45, 7) is 3.71. The Kier molecular flexibility index (Phi) is 6.91. The van der Waals surface area contributed by atoms with Gasteiger partial charge >= 0.3 is 0 Å². The molecule has 0 radical (unpaired) electrons. The third kappa shape index (κ3) is 5.13. The van der Waals surface area contributed by atoms with Crippen LogP contribution in [-0.4, -0.2) is 68.8 Å². The van der Waals surface area contributed by atoms with E-state index < -0.39 is 10.0 Å². The lowest BCUT2D eigenvalue weighted by Gasteiger charge is -2.44. The zero-order valence-electron chi connectivity index (χ0n) is 17.7. The van der Waals surface area contributed by atoms with E-state index in [1.807, 2.05) is 30.3 Å². The van der Waals surface area contributed by atoms with Crippen molar-refractivity contribution in [3.05, 3.63) is 41.3 Å². The summed E-state index contributed by atoms with van der Waals surface area (Å²) < 4.78 is 26.8. The normalized spacial score (nSPS) is 26.6. The first kappa shape index (κ1) is 21.5. The number of likely N-dealkylation sites (tertiary alicyclic amines) is 1. The van der Waals surface area contributed by atoms with Gasteiger partial charge in [-0.05, 0) is 43.2 Å². The molecule has 164 valence electrons. The zero-order chi connectivity index (χ0) is 21.0.